The van der Waals surface area contributed by atoms with Gasteiger partial charge < -0.3 is 24.4 Å². The second kappa shape index (κ2) is 6.94. The third kappa shape index (κ3) is 3.48. The zero-order chi connectivity index (χ0) is 17.1. The summed E-state index contributed by atoms with van der Waals surface area (Å²) in [4.78, 5) is 22.5. The van der Waals surface area contributed by atoms with Crippen LogP contribution in [0.5, 0.6) is 11.5 Å². The third-order valence-electron chi connectivity index (χ3n) is 4.10. The summed E-state index contributed by atoms with van der Waals surface area (Å²) in [5, 5.41) is 3.21. The predicted octanol–water partition coefficient (Wildman–Crippen LogP) is 1.29. The van der Waals surface area contributed by atoms with E-state index < -0.39 is 0 Å². The van der Waals surface area contributed by atoms with Crippen LogP contribution in [0.25, 0.3) is 0 Å². The molecule has 0 bridgehead atoms. The van der Waals surface area contributed by atoms with Gasteiger partial charge in [-0.2, -0.15) is 0 Å². The van der Waals surface area contributed by atoms with Gasteiger partial charge in [-0.15, -0.1) is 0 Å². The van der Waals surface area contributed by atoms with Gasteiger partial charge in [-0.1, -0.05) is 6.07 Å². The van der Waals surface area contributed by atoms with Gasteiger partial charge in [0, 0.05) is 25.7 Å². The molecular weight excluding hydrogens is 324 g/mol. The number of hydrogen-bond acceptors (Lipinski definition) is 7. The molecule has 25 heavy (non-hydrogen) atoms. The fourth-order valence-electron chi connectivity index (χ4n) is 2.74. The number of carbonyl (C=O) groups excluding carboxylic acids is 1. The van der Waals surface area contributed by atoms with Crippen LogP contribution in [-0.2, 0) is 11.3 Å². The molecule has 8 heteroatoms. The Bertz CT molecular complexity index is 777. The van der Waals surface area contributed by atoms with E-state index in [1.54, 1.807) is 11.0 Å². The normalized spacial score (nSPS) is 15.9. The van der Waals surface area contributed by atoms with Crippen molar-refractivity contribution in [1.29, 1.82) is 0 Å². The number of amides is 1. The molecule has 1 fully saturated rings. The minimum Gasteiger partial charge on any atom is -0.454 e. The minimum absolute atomic E-state index is 0.100. The summed E-state index contributed by atoms with van der Waals surface area (Å²) in [5.41, 5.74) is 1.41. The van der Waals surface area contributed by atoms with Crippen molar-refractivity contribution in [2.45, 2.75) is 6.54 Å². The van der Waals surface area contributed by atoms with Gasteiger partial charge in [0.25, 0.3) is 5.91 Å². The van der Waals surface area contributed by atoms with E-state index in [9.17, 15) is 4.79 Å². The van der Waals surface area contributed by atoms with Gasteiger partial charge >= 0.3 is 0 Å². The van der Waals surface area contributed by atoms with E-state index in [-0.39, 0.29) is 12.7 Å². The van der Waals surface area contributed by atoms with Gasteiger partial charge in [-0.25, -0.2) is 9.97 Å². The second-order valence-corrected chi connectivity index (χ2v) is 5.73. The van der Waals surface area contributed by atoms with Crippen molar-refractivity contribution in [2.24, 2.45) is 0 Å². The van der Waals surface area contributed by atoms with Crippen LogP contribution in [0.1, 0.15) is 16.1 Å². The van der Waals surface area contributed by atoms with Crippen LogP contribution in [0.4, 0.5) is 5.82 Å². The average molecular weight is 342 g/mol. The Hall–Kier alpha value is -2.87. The number of benzene rings is 1. The largest absolute Gasteiger partial charge is 0.454 e. The Balaban J connectivity index is 1.42. The lowest BCUT2D eigenvalue weighted by atomic mass is 10.2. The molecule has 4 rings (SSSR count). The van der Waals surface area contributed by atoms with Crippen molar-refractivity contribution in [3.8, 4) is 11.5 Å². The van der Waals surface area contributed by atoms with Crippen molar-refractivity contribution < 1.29 is 19.0 Å². The van der Waals surface area contributed by atoms with Gasteiger partial charge in [0.1, 0.15) is 17.8 Å². The second-order valence-electron chi connectivity index (χ2n) is 5.73. The quantitative estimate of drug-likeness (QED) is 0.896. The van der Waals surface area contributed by atoms with Gasteiger partial charge in [0.15, 0.2) is 11.5 Å². The first-order chi connectivity index (χ1) is 12.3. The topological polar surface area (TPSA) is 85.8 Å². The molecule has 0 atom stereocenters. The molecule has 3 heterocycles. The SMILES string of the molecule is O=C(c1cc(NCc2ccc3c(c2)OCO3)ncn1)N1CCOCC1. The summed E-state index contributed by atoms with van der Waals surface area (Å²) in [5.74, 6) is 2.00. The highest BCUT2D eigenvalue weighted by Crippen LogP contribution is 2.32. The molecule has 0 saturated carbocycles. The van der Waals surface area contributed by atoms with Crippen LogP contribution in [0.15, 0.2) is 30.6 Å². The number of anilines is 1. The summed E-state index contributed by atoms with van der Waals surface area (Å²) in [6, 6.07) is 7.44. The standard InChI is InChI=1S/C17H18N4O4/c22-17(21-3-5-23-6-4-21)13-8-16(20-10-19-13)18-9-12-1-2-14-15(7-12)25-11-24-14/h1-2,7-8,10H,3-6,9,11H2,(H,18,19,20). The van der Waals surface area contributed by atoms with Crippen LogP contribution >= 0.6 is 0 Å². The Morgan fingerprint density at radius 3 is 2.84 bits per heavy atom. The summed E-state index contributed by atoms with van der Waals surface area (Å²) in [6.45, 7) is 3.10. The van der Waals surface area contributed by atoms with E-state index in [2.05, 4.69) is 15.3 Å². The summed E-state index contributed by atoms with van der Waals surface area (Å²) < 4.78 is 15.9. The lowest BCUT2D eigenvalue weighted by molar-refractivity contribution is 0.0299. The minimum atomic E-state index is -0.100. The lowest BCUT2D eigenvalue weighted by Gasteiger charge is -2.26. The summed E-state index contributed by atoms with van der Waals surface area (Å²) in [7, 11) is 0. The van der Waals surface area contributed by atoms with Crippen molar-refractivity contribution in [1.82, 2.24) is 14.9 Å². The van der Waals surface area contributed by atoms with E-state index >= 15 is 0 Å². The fraction of sp³-hybridized carbons (Fsp3) is 0.353. The van der Waals surface area contributed by atoms with Crippen molar-refractivity contribution >= 4 is 11.7 Å². The first-order valence-electron chi connectivity index (χ1n) is 8.11. The molecular formula is C17H18N4O4. The molecule has 1 N–H and O–H groups in total. The zero-order valence-electron chi connectivity index (χ0n) is 13.6. The van der Waals surface area contributed by atoms with E-state index in [1.807, 2.05) is 18.2 Å². The van der Waals surface area contributed by atoms with Crippen molar-refractivity contribution in [3.05, 3.63) is 41.9 Å². The van der Waals surface area contributed by atoms with Gasteiger partial charge in [-0.05, 0) is 17.7 Å². The summed E-state index contributed by atoms with van der Waals surface area (Å²) >= 11 is 0. The van der Waals surface area contributed by atoms with Gasteiger partial charge in [0.05, 0.1) is 13.2 Å². The first kappa shape index (κ1) is 15.6. The molecule has 0 unspecified atom stereocenters. The average Bonchev–Trinajstić information content (AvgIpc) is 3.14. The highest BCUT2D eigenvalue weighted by atomic mass is 16.7. The first-order valence-corrected chi connectivity index (χ1v) is 8.11. The Labute approximate surface area is 144 Å². The third-order valence-corrected chi connectivity index (χ3v) is 4.10. The number of rotatable bonds is 4. The van der Waals surface area contributed by atoms with Crippen LogP contribution in [0, 0.1) is 0 Å². The molecule has 0 spiro atoms. The maximum atomic E-state index is 12.5. The molecule has 1 amide bonds. The van der Waals surface area contributed by atoms with E-state index in [1.165, 1.54) is 6.33 Å². The monoisotopic (exact) mass is 342 g/mol. The number of morpholine rings is 1. The smallest absolute Gasteiger partial charge is 0.272 e. The molecule has 8 nitrogen and oxygen atoms in total. The van der Waals surface area contributed by atoms with Crippen LogP contribution in [-0.4, -0.2) is 53.9 Å². The molecule has 2 aliphatic rings. The zero-order valence-corrected chi connectivity index (χ0v) is 13.6. The number of hydrogen-bond donors (Lipinski definition) is 1. The van der Waals surface area contributed by atoms with E-state index in [0.717, 1.165) is 17.1 Å². The maximum absolute atomic E-state index is 12.5. The van der Waals surface area contributed by atoms with Crippen molar-refractivity contribution in [3.63, 3.8) is 0 Å². The number of fused-ring (bicyclic) bond motifs is 1. The lowest BCUT2D eigenvalue weighted by Crippen LogP contribution is -2.41. The van der Waals surface area contributed by atoms with E-state index in [4.69, 9.17) is 14.2 Å². The Kier molecular flexibility index (Phi) is 4.34. The maximum Gasteiger partial charge on any atom is 0.272 e. The summed E-state index contributed by atoms with van der Waals surface area (Å²) in [6.07, 6.45) is 1.40. The predicted molar refractivity (Wildman–Crippen MR) is 88.6 cm³/mol. The highest BCUT2D eigenvalue weighted by Gasteiger charge is 2.20. The molecule has 1 saturated heterocycles. The number of ether oxygens (including phenoxy) is 3. The van der Waals surface area contributed by atoms with Crippen LogP contribution < -0.4 is 14.8 Å². The van der Waals surface area contributed by atoms with Crippen molar-refractivity contribution in [2.75, 3.05) is 38.4 Å². The molecule has 0 aliphatic carbocycles. The Morgan fingerprint density at radius 2 is 1.96 bits per heavy atom. The molecule has 2 aromatic rings. The van der Waals surface area contributed by atoms with Crippen LogP contribution in [0.3, 0.4) is 0 Å². The van der Waals surface area contributed by atoms with Crippen LogP contribution in [0.2, 0.25) is 0 Å². The fourth-order valence-corrected chi connectivity index (χ4v) is 2.74. The molecule has 1 aromatic carbocycles. The van der Waals surface area contributed by atoms with Gasteiger partial charge in [0.2, 0.25) is 6.79 Å². The molecule has 130 valence electrons. The Morgan fingerprint density at radius 1 is 1.12 bits per heavy atom. The molecule has 1 aromatic heterocycles. The van der Waals surface area contributed by atoms with E-state index in [0.29, 0.717) is 44.4 Å². The number of aromatic nitrogens is 2. The molecule has 2 aliphatic heterocycles. The number of nitrogens with one attached hydrogen (secondary N) is 1. The highest BCUT2D eigenvalue weighted by molar-refractivity contribution is 5.92. The number of carbonyl (C=O) groups is 1. The molecule has 0 radical (unpaired) electrons. The van der Waals surface area contributed by atoms with Gasteiger partial charge in [-0.3, -0.25) is 4.79 Å². The number of nitrogens with zero attached hydrogens (tertiary/aromatic N) is 3.